The molecule has 0 aliphatic carbocycles. The Morgan fingerprint density at radius 2 is 2.00 bits per heavy atom. The van der Waals surface area contributed by atoms with Crippen LogP contribution in [0.1, 0.15) is 25.8 Å². The Kier molecular flexibility index (Phi) is 4.32. The van der Waals surface area contributed by atoms with E-state index in [1.807, 2.05) is 0 Å². The molecule has 0 atom stereocenters. The van der Waals surface area contributed by atoms with Crippen LogP contribution in [0.25, 0.3) is 0 Å². The van der Waals surface area contributed by atoms with Crippen molar-refractivity contribution in [1.29, 1.82) is 0 Å². The fourth-order valence-corrected chi connectivity index (χ4v) is 3.37. The van der Waals surface area contributed by atoms with E-state index >= 15 is 0 Å². The number of carbonyl (C=O) groups is 1. The average Bonchev–Trinajstić information content (AvgIpc) is 2.17. The van der Waals surface area contributed by atoms with Crippen molar-refractivity contribution in [3.63, 3.8) is 0 Å². The summed E-state index contributed by atoms with van der Waals surface area (Å²) in [7, 11) is -3.97. The lowest BCUT2D eigenvalue weighted by molar-refractivity contribution is -0.138. The van der Waals surface area contributed by atoms with E-state index < -0.39 is 27.3 Å². The Bertz CT molecular complexity index is 596. The van der Waals surface area contributed by atoms with Gasteiger partial charge in [0, 0.05) is 5.54 Å². The van der Waals surface area contributed by atoms with Crippen LogP contribution in [-0.4, -0.2) is 25.0 Å². The summed E-state index contributed by atoms with van der Waals surface area (Å²) in [5, 5.41) is 8.72. The molecule has 7 heteroatoms. The van der Waals surface area contributed by atoms with Crippen molar-refractivity contribution >= 4 is 16.0 Å². The second-order valence-electron chi connectivity index (χ2n) is 4.97. The van der Waals surface area contributed by atoms with Gasteiger partial charge in [0.05, 0.1) is 11.3 Å². The molecule has 5 nitrogen and oxygen atoms in total. The van der Waals surface area contributed by atoms with Gasteiger partial charge in [0.2, 0.25) is 10.0 Å². The fraction of sp³-hybridized carbons (Fsp3) is 0.417. The topological polar surface area (TPSA) is 83.5 Å². The Hall–Kier alpha value is -1.47. The zero-order valence-electron chi connectivity index (χ0n) is 10.9. The molecule has 0 aromatic heterocycles. The first-order valence-corrected chi connectivity index (χ1v) is 7.04. The minimum Gasteiger partial charge on any atom is -0.481 e. The van der Waals surface area contributed by atoms with Crippen molar-refractivity contribution in [2.24, 2.45) is 0 Å². The summed E-state index contributed by atoms with van der Waals surface area (Å²) in [6, 6.07) is 3.43. The molecule has 0 aliphatic rings. The first-order valence-electron chi connectivity index (χ1n) is 5.55. The zero-order chi connectivity index (χ0) is 14.8. The Morgan fingerprint density at radius 3 is 2.53 bits per heavy atom. The van der Waals surface area contributed by atoms with E-state index in [1.54, 1.807) is 0 Å². The number of carboxylic acids is 1. The number of hydrogen-bond acceptors (Lipinski definition) is 3. The van der Waals surface area contributed by atoms with Crippen LogP contribution in [0, 0.1) is 12.7 Å². The second kappa shape index (κ2) is 5.26. The zero-order valence-corrected chi connectivity index (χ0v) is 11.7. The van der Waals surface area contributed by atoms with Gasteiger partial charge in [-0.1, -0.05) is 6.07 Å². The first-order chi connectivity index (χ1) is 8.53. The highest BCUT2D eigenvalue weighted by Gasteiger charge is 2.29. The van der Waals surface area contributed by atoms with Crippen molar-refractivity contribution in [2.45, 2.75) is 37.6 Å². The molecule has 0 saturated heterocycles. The maximum atomic E-state index is 13.1. The lowest BCUT2D eigenvalue weighted by atomic mass is 10.0. The van der Waals surface area contributed by atoms with Crippen LogP contribution in [0.3, 0.4) is 0 Å². The first kappa shape index (κ1) is 15.6. The summed E-state index contributed by atoms with van der Waals surface area (Å²) >= 11 is 0. The van der Waals surface area contributed by atoms with E-state index in [4.69, 9.17) is 5.11 Å². The van der Waals surface area contributed by atoms with Crippen molar-refractivity contribution in [2.75, 3.05) is 0 Å². The maximum absolute atomic E-state index is 13.1. The van der Waals surface area contributed by atoms with E-state index in [0.29, 0.717) is 5.56 Å². The molecule has 1 aromatic rings. The van der Waals surface area contributed by atoms with E-state index in [2.05, 4.69) is 4.72 Å². The van der Waals surface area contributed by atoms with Crippen molar-refractivity contribution in [3.8, 4) is 0 Å². The number of sulfonamides is 1. The molecule has 2 N–H and O–H groups in total. The van der Waals surface area contributed by atoms with Crippen LogP contribution in [0.4, 0.5) is 4.39 Å². The Labute approximate surface area is 111 Å². The lowest BCUT2D eigenvalue weighted by Gasteiger charge is -2.24. The fourth-order valence-electron chi connectivity index (χ4n) is 1.70. The highest BCUT2D eigenvalue weighted by atomic mass is 32.2. The summed E-state index contributed by atoms with van der Waals surface area (Å²) in [4.78, 5) is 10.5. The maximum Gasteiger partial charge on any atom is 0.305 e. The molecule has 1 rings (SSSR count). The summed E-state index contributed by atoms with van der Waals surface area (Å²) in [5.41, 5.74) is -0.774. The molecular formula is C12H16FNO4S. The number of benzene rings is 1. The Morgan fingerprint density at radius 1 is 1.42 bits per heavy atom. The van der Waals surface area contributed by atoms with Gasteiger partial charge in [0.15, 0.2) is 0 Å². The van der Waals surface area contributed by atoms with Gasteiger partial charge in [-0.15, -0.1) is 0 Å². The molecule has 0 aliphatic heterocycles. The number of nitrogens with one attached hydrogen (secondary N) is 1. The molecule has 0 saturated carbocycles. The van der Waals surface area contributed by atoms with E-state index in [9.17, 15) is 17.6 Å². The van der Waals surface area contributed by atoms with Gasteiger partial charge in [0.25, 0.3) is 0 Å². The highest BCUT2D eigenvalue weighted by Crippen LogP contribution is 2.19. The van der Waals surface area contributed by atoms with Gasteiger partial charge < -0.3 is 5.11 Å². The Balaban J connectivity index is 3.11. The van der Waals surface area contributed by atoms with Gasteiger partial charge in [-0.05, 0) is 38.5 Å². The van der Waals surface area contributed by atoms with Gasteiger partial charge in [-0.3, -0.25) is 4.79 Å². The third kappa shape index (κ3) is 4.29. The summed E-state index contributed by atoms with van der Waals surface area (Å²) in [6.45, 7) is 4.44. The smallest absolute Gasteiger partial charge is 0.305 e. The normalized spacial score (nSPS) is 12.4. The summed E-state index contributed by atoms with van der Waals surface area (Å²) in [6.07, 6.45) is -0.374. The lowest BCUT2D eigenvalue weighted by Crippen LogP contribution is -2.45. The molecule has 1 aromatic carbocycles. The number of halogens is 1. The van der Waals surface area contributed by atoms with Crippen LogP contribution in [-0.2, 0) is 14.8 Å². The molecule has 0 fully saturated rings. The number of rotatable bonds is 5. The van der Waals surface area contributed by atoms with E-state index in [0.717, 1.165) is 12.1 Å². The number of carboxylic acid groups (broad SMARTS) is 1. The summed E-state index contributed by atoms with van der Waals surface area (Å²) < 4.78 is 39.7. The average molecular weight is 289 g/mol. The van der Waals surface area contributed by atoms with Gasteiger partial charge in [-0.2, -0.15) is 0 Å². The van der Waals surface area contributed by atoms with Crippen LogP contribution >= 0.6 is 0 Å². The molecular weight excluding hydrogens is 273 g/mol. The van der Waals surface area contributed by atoms with Gasteiger partial charge in [-0.25, -0.2) is 17.5 Å². The van der Waals surface area contributed by atoms with Crippen LogP contribution in [0.15, 0.2) is 23.1 Å². The van der Waals surface area contributed by atoms with E-state index in [-0.39, 0.29) is 11.3 Å². The molecule has 0 spiro atoms. The molecule has 0 unspecified atom stereocenters. The standard InChI is InChI=1S/C12H16FNO4S/c1-8-4-5-9(13)6-10(8)19(17,18)14-12(2,3)7-11(15)16/h4-6,14H,7H2,1-3H3,(H,15,16). The number of aliphatic carboxylic acids is 1. The monoisotopic (exact) mass is 289 g/mol. The third-order valence-corrected chi connectivity index (χ3v) is 4.28. The van der Waals surface area contributed by atoms with Crippen LogP contribution in [0.2, 0.25) is 0 Å². The predicted octanol–water partition coefficient (Wildman–Crippen LogP) is 1.67. The van der Waals surface area contributed by atoms with Gasteiger partial charge >= 0.3 is 5.97 Å². The molecule has 0 heterocycles. The van der Waals surface area contributed by atoms with Crippen molar-refractivity contribution in [3.05, 3.63) is 29.6 Å². The van der Waals surface area contributed by atoms with Crippen molar-refractivity contribution in [1.82, 2.24) is 4.72 Å². The van der Waals surface area contributed by atoms with Crippen LogP contribution in [0.5, 0.6) is 0 Å². The van der Waals surface area contributed by atoms with E-state index in [1.165, 1.54) is 26.8 Å². The minimum atomic E-state index is -3.97. The molecule has 106 valence electrons. The highest BCUT2D eigenvalue weighted by molar-refractivity contribution is 7.89. The molecule has 0 bridgehead atoms. The predicted molar refractivity (Wildman–Crippen MR) is 67.8 cm³/mol. The largest absolute Gasteiger partial charge is 0.481 e. The molecule has 0 radical (unpaired) electrons. The number of hydrogen-bond donors (Lipinski definition) is 2. The molecule has 0 amide bonds. The van der Waals surface area contributed by atoms with Gasteiger partial charge in [0.1, 0.15) is 5.82 Å². The third-order valence-electron chi connectivity index (χ3n) is 2.44. The molecule has 19 heavy (non-hydrogen) atoms. The quantitative estimate of drug-likeness (QED) is 0.863. The van der Waals surface area contributed by atoms with Crippen molar-refractivity contribution < 1.29 is 22.7 Å². The summed E-state index contributed by atoms with van der Waals surface area (Å²) in [5.74, 6) is -1.79. The number of aryl methyl sites for hydroxylation is 1. The SMILES string of the molecule is Cc1ccc(F)cc1S(=O)(=O)NC(C)(C)CC(=O)O. The minimum absolute atomic E-state index is 0.189. The second-order valence-corrected chi connectivity index (χ2v) is 6.62. The van der Waals surface area contributed by atoms with Crippen LogP contribution < -0.4 is 4.72 Å².